The number of fused-ring (bicyclic) bond motifs is 1. The number of halogens is 1. The molecule has 4 atom stereocenters. The van der Waals surface area contributed by atoms with Crippen LogP contribution in [0.3, 0.4) is 0 Å². The fraction of sp³-hybridized carbons (Fsp3) is 0.615. The van der Waals surface area contributed by atoms with Crippen molar-refractivity contribution in [3.05, 3.63) is 11.9 Å². The Labute approximate surface area is 126 Å². The first kappa shape index (κ1) is 14.5. The molecule has 0 saturated carbocycles. The molecule has 0 amide bonds. The Bertz CT molecular complexity index is 663. The molecular weight excluding hydrogens is 293 g/mol. The van der Waals surface area contributed by atoms with Gasteiger partial charge in [-0.15, -0.1) is 5.10 Å². The van der Waals surface area contributed by atoms with Crippen LogP contribution >= 0.6 is 11.8 Å². The molecule has 2 aromatic heterocycles. The molecule has 0 aromatic carbocycles. The van der Waals surface area contributed by atoms with Gasteiger partial charge in [0.25, 0.3) is 0 Å². The second-order valence-electron chi connectivity index (χ2n) is 5.21. The smallest absolute Gasteiger partial charge is 0.209 e. The van der Waals surface area contributed by atoms with E-state index < -0.39 is 12.3 Å². The van der Waals surface area contributed by atoms with Crippen molar-refractivity contribution in [2.24, 2.45) is 5.92 Å². The first-order valence-electron chi connectivity index (χ1n) is 6.91. The van der Waals surface area contributed by atoms with E-state index in [9.17, 15) is 4.39 Å². The van der Waals surface area contributed by atoms with Crippen molar-refractivity contribution >= 4 is 23.2 Å². The van der Waals surface area contributed by atoms with E-state index in [1.165, 1.54) is 11.8 Å². The van der Waals surface area contributed by atoms with E-state index in [1.807, 2.05) is 20.1 Å². The van der Waals surface area contributed by atoms with Crippen LogP contribution in [-0.2, 0) is 4.74 Å². The van der Waals surface area contributed by atoms with Gasteiger partial charge in [-0.25, -0.2) is 18.9 Å². The zero-order valence-corrected chi connectivity index (χ0v) is 13.0. The highest BCUT2D eigenvalue weighted by atomic mass is 32.2. The summed E-state index contributed by atoms with van der Waals surface area (Å²) in [6, 6.07) is 0. The number of imidazole rings is 1. The van der Waals surface area contributed by atoms with Gasteiger partial charge in [-0.05, 0) is 12.7 Å². The summed E-state index contributed by atoms with van der Waals surface area (Å²) in [6.07, 6.45) is 2.38. The van der Waals surface area contributed by atoms with Crippen LogP contribution in [0, 0.1) is 5.92 Å². The van der Waals surface area contributed by atoms with Gasteiger partial charge >= 0.3 is 0 Å². The van der Waals surface area contributed by atoms with E-state index in [-0.39, 0.29) is 17.8 Å². The van der Waals surface area contributed by atoms with Crippen LogP contribution in [0.25, 0.3) is 5.65 Å². The largest absolute Gasteiger partial charge is 0.380 e. The predicted molar refractivity (Wildman–Crippen MR) is 78.9 cm³/mol. The third kappa shape index (κ3) is 2.26. The van der Waals surface area contributed by atoms with E-state index >= 15 is 0 Å². The lowest BCUT2D eigenvalue weighted by Crippen LogP contribution is -2.18. The van der Waals surface area contributed by atoms with Gasteiger partial charge in [-0.3, -0.25) is 0 Å². The maximum atomic E-state index is 14.5. The maximum absolute atomic E-state index is 14.5. The highest BCUT2D eigenvalue weighted by Gasteiger charge is 2.43. The number of thioether (sulfide) groups is 1. The Balaban J connectivity index is 2.07. The number of anilines is 1. The number of nitrogens with two attached hydrogens (primary N) is 1. The molecule has 8 heteroatoms. The Morgan fingerprint density at radius 3 is 2.90 bits per heavy atom. The monoisotopic (exact) mass is 311 g/mol. The first-order chi connectivity index (χ1) is 10.1. The molecular formula is C13H18FN5OS. The average molecular weight is 311 g/mol. The van der Waals surface area contributed by atoms with Crippen LogP contribution < -0.4 is 5.73 Å². The Kier molecular flexibility index (Phi) is 3.75. The average Bonchev–Trinajstić information content (AvgIpc) is 3.02. The van der Waals surface area contributed by atoms with Crippen LogP contribution in [0.2, 0.25) is 0 Å². The third-order valence-electron chi connectivity index (χ3n) is 3.97. The maximum Gasteiger partial charge on any atom is 0.209 e. The molecule has 114 valence electrons. The van der Waals surface area contributed by atoms with Crippen molar-refractivity contribution in [3.63, 3.8) is 0 Å². The minimum atomic E-state index is -1.08. The highest BCUT2D eigenvalue weighted by Crippen LogP contribution is 2.40. The molecule has 0 unspecified atom stereocenters. The standard InChI is InChI=1S/C13H18FN5OS/c1-4-8-6(2)9(14)10(20-8)7-5-16-12-11(15)17-13(21-3)18-19(7)12/h5-6,8-10H,4H2,1-3H3,(H2,15,17,18)/t6-,8-,9-,10+/m1/s1. The fourth-order valence-electron chi connectivity index (χ4n) is 2.75. The van der Waals surface area contributed by atoms with Crippen molar-refractivity contribution in [3.8, 4) is 0 Å². The van der Waals surface area contributed by atoms with Gasteiger partial charge in [-0.1, -0.05) is 25.6 Å². The van der Waals surface area contributed by atoms with Crippen LogP contribution in [0.4, 0.5) is 10.2 Å². The molecule has 6 nitrogen and oxygen atoms in total. The van der Waals surface area contributed by atoms with Gasteiger partial charge < -0.3 is 10.5 Å². The SMILES string of the molecule is CC[C@H]1O[C@@H](c2cnc3c(N)nc(SC)nn23)[C@H](F)[C@@H]1C. The summed E-state index contributed by atoms with van der Waals surface area (Å²) in [6.45, 7) is 3.87. The zero-order chi connectivity index (χ0) is 15.1. The van der Waals surface area contributed by atoms with Gasteiger partial charge in [0.1, 0.15) is 12.3 Å². The molecule has 21 heavy (non-hydrogen) atoms. The van der Waals surface area contributed by atoms with E-state index in [1.54, 1.807) is 10.7 Å². The molecule has 0 aliphatic carbocycles. The van der Waals surface area contributed by atoms with Gasteiger partial charge in [0.15, 0.2) is 11.5 Å². The number of hydrogen-bond donors (Lipinski definition) is 1. The first-order valence-corrected chi connectivity index (χ1v) is 8.14. The van der Waals surface area contributed by atoms with Gasteiger partial charge in [0.05, 0.1) is 18.0 Å². The fourth-order valence-corrected chi connectivity index (χ4v) is 3.10. The van der Waals surface area contributed by atoms with Crippen molar-refractivity contribution in [1.82, 2.24) is 19.6 Å². The number of rotatable bonds is 3. The lowest BCUT2D eigenvalue weighted by molar-refractivity contribution is 0.0196. The lowest BCUT2D eigenvalue weighted by Gasteiger charge is -2.13. The highest BCUT2D eigenvalue weighted by molar-refractivity contribution is 7.98. The number of aromatic nitrogens is 4. The summed E-state index contributed by atoms with van der Waals surface area (Å²) < 4.78 is 22.0. The van der Waals surface area contributed by atoms with Crippen molar-refractivity contribution < 1.29 is 9.13 Å². The van der Waals surface area contributed by atoms with Crippen LogP contribution in [0.1, 0.15) is 32.1 Å². The quantitative estimate of drug-likeness (QED) is 0.876. The van der Waals surface area contributed by atoms with Gasteiger partial charge in [0.2, 0.25) is 5.16 Å². The summed E-state index contributed by atoms with van der Waals surface area (Å²) in [5.74, 6) is 0.138. The van der Waals surface area contributed by atoms with E-state index in [2.05, 4.69) is 15.1 Å². The minimum Gasteiger partial charge on any atom is -0.380 e. The summed E-state index contributed by atoms with van der Waals surface area (Å²) in [7, 11) is 0. The molecule has 2 aromatic rings. The van der Waals surface area contributed by atoms with Crippen LogP contribution in [0.5, 0.6) is 0 Å². The van der Waals surface area contributed by atoms with Gasteiger partial charge in [0, 0.05) is 5.92 Å². The van der Waals surface area contributed by atoms with E-state index in [4.69, 9.17) is 10.5 Å². The van der Waals surface area contributed by atoms with Gasteiger partial charge in [-0.2, -0.15) is 0 Å². The summed E-state index contributed by atoms with van der Waals surface area (Å²) in [4.78, 5) is 8.34. The minimum absolute atomic E-state index is 0.0882. The molecule has 0 bridgehead atoms. The van der Waals surface area contributed by atoms with E-state index in [0.29, 0.717) is 16.5 Å². The molecule has 1 fully saturated rings. The Morgan fingerprint density at radius 2 is 2.29 bits per heavy atom. The second kappa shape index (κ2) is 5.42. The normalized spacial score (nSPS) is 29.3. The predicted octanol–water partition coefficient (Wildman–Crippen LogP) is 2.25. The number of nitrogen functional groups attached to an aromatic ring is 1. The Morgan fingerprint density at radius 1 is 1.52 bits per heavy atom. The number of nitrogens with zero attached hydrogens (tertiary/aromatic N) is 4. The molecule has 3 rings (SSSR count). The van der Waals surface area contributed by atoms with Crippen LogP contribution in [-0.4, -0.2) is 38.1 Å². The number of hydrogen-bond acceptors (Lipinski definition) is 6. The molecule has 2 N–H and O–H groups in total. The molecule has 0 radical (unpaired) electrons. The van der Waals surface area contributed by atoms with E-state index in [0.717, 1.165) is 6.42 Å². The van der Waals surface area contributed by atoms with Crippen molar-refractivity contribution in [2.75, 3.05) is 12.0 Å². The topological polar surface area (TPSA) is 78.3 Å². The molecule has 1 aliphatic heterocycles. The summed E-state index contributed by atoms with van der Waals surface area (Å²) in [5, 5.41) is 4.87. The zero-order valence-electron chi connectivity index (χ0n) is 12.2. The number of ether oxygens (including phenoxy) is 1. The third-order valence-corrected chi connectivity index (χ3v) is 4.51. The Hall–Kier alpha value is -1.41. The summed E-state index contributed by atoms with van der Waals surface area (Å²) in [5.41, 5.74) is 6.90. The molecule has 0 spiro atoms. The van der Waals surface area contributed by atoms with Crippen molar-refractivity contribution in [2.45, 2.75) is 43.8 Å². The molecule has 1 aliphatic rings. The lowest BCUT2D eigenvalue weighted by atomic mass is 9.97. The molecule has 3 heterocycles. The molecule has 1 saturated heterocycles. The van der Waals surface area contributed by atoms with Crippen molar-refractivity contribution in [1.29, 1.82) is 0 Å². The summed E-state index contributed by atoms with van der Waals surface area (Å²) >= 11 is 1.37. The number of alkyl halides is 1. The van der Waals surface area contributed by atoms with Crippen LogP contribution in [0.15, 0.2) is 11.4 Å². The second-order valence-corrected chi connectivity index (χ2v) is 5.98.